The van der Waals surface area contributed by atoms with Crippen molar-refractivity contribution in [2.24, 2.45) is 0 Å². The molecule has 2 N–H and O–H groups in total. The van der Waals surface area contributed by atoms with Crippen LogP contribution in [0.15, 0.2) is 53.4 Å². The van der Waals surface area contributed by atoms with E-state index < -0.39 is 10.0 Å². The molecule has 2 aromatic rings. The minimum Gasteiger partial charge on any atom is -0.396 e. The van der Waals surface area contributed by atoms with Gasteiger partial charge in [-0.25, -0.2) is 13.1 Å². The number of sulfonamides is 1. The van der Waals surface area contributed by atoms with Gasteiger partial charge < -0.3 is 5.11 Å². The highest BCUT2D eigenvalue weighted by Crippen LogP contribution is 2.22. The first-order valence-electron chi connectivity index (χ1n) is 7.30. The normalized spacial score (nSPS) is 11.5. The molecule has 0 saturated carbocycles. The standard InChI is InChI=1S/C17H21NO3S/c1-14-5-4-6-16(13-14)15-7-9-17(10-8-15)22(20,21)18-11-2-3-12-19/h4-10,13,18-19H,2-3,11-12H2,1H3. The lowest BCUT2D eigenvalue weighted by Crippen LogP contribution is -2.24. The fourth-order valence-electron chi connectivity index (χ4n) is 2.18. The van der Waals surface area contributed by atoms with Gasteiger partial charge in [0.25, 0.3) is 0 Å². The van der Waals surface area contributed by atoms with Crippen LogP contribution in [0.4, 0.5) is 0 Å². The third-order valence-electron chi connectivity index (χ3n) is 3.39. The first kappa shape index (κ1) is 16.7. The number of rotatable bonds is 7. The smallest absolute Gasteiger partial charge is 0.240 e. The van der Waals surface area contributed by atoms with Gasteiger partial charge in [-0.05, 0) is 43.0 Å². The predicted molar refractivity (Wildman–Crippen MR) is 88.1 cm³/mol. The summed E-state index contributed by atoms with van der Waals surface area (Å²) in [6, 6.07) is 14.9. The van der Waals surface area contributed by atoms with E-state index in [0.717, 1.165) is 11.1 Å². The van der Waals surface area contributed by atoms with Gasteiger partial charge in [-0.1, -0.05) is 42.0 Å². The topological polar surface area (TPSA) is 66.4 Å². The van der Waals surface area contributed by atoms with Crippen LogP contribution in [0.1, 0.15) is 18.4 Å². The molecule has 2 rings (SSSR count). The van der Waals surface area contributed by atoms with Crippen LogP contribution in [0.3, 0.4) is 0 Å². The Kier molecular flexibility index (Phi) is 5.71. The zero-order chi connectivity index (χ0) is 16.0. The SMILES string of the molecule is Cc1cccc(-c2ccc(S(=O)(=O)NCCCCO)cc2)c1. The fraction of sp³-hybridized carbons (Fsp3) is 0.294. The summed E-state index contributed by atoms with van der Waals surface area (Å²) in [4.78, 5) is 0.257. The van der Waals surface area contributed by atoms with Gasteiger partial charge in [0.2, 0.25) is 10.0 Å². The molecule has 0 amide bonds. The molecular weight excluding hydrogens is 298 g/mol. The molecule has 0 saturated heterocycles. The van der Waals surface area contributed by atoms with Crippen LogP contribution >= 0.6 is 0 Å². The molecule has 0 atom stereocenters. The van der Waals surface area contributed by atoms with Crippen LogP contribution in [0.25, 0.3) is 11.1 Å². The van der Waals surface area contributed by atoms with Crippen molar-refractivity contribution < 1.29 is 13.5 Å². The minimum absolute atomic E-state index is 0.0763. The van der Waals surface area contributed by atoms with Gasteiger partial charge in [0.05, 0.1) is 4.90 Å². The van der Waals surface area contributed by atoms with Gasteiger partial charge in [0.15, 0.2) is 0 Å². The number of aryl methyl sites for hydroxylation is 1. The van der Waals surface area contributed by atoms with E-state index in [-0.39, 0.29) is 11.5 Å². The summed E-state index contributed by atoms with van der Waals surface area (Å²) in [5.41, 5.74) is 3.22. The Labute approximate surface area is 131 Å². The van der Waals surface area contributed by atoms with E-state index in [4.69, 9.17) is 5.11 Å². The maximum Gasteiger partial charge on any atom is 0.240 e. The number of hydrogen-bond acceptors (Lipinski definition) is 3. The molecular formula is C17H21NO3S. The number of unbranched alkanes of at least 4 members (excludes halogenated alkanes) is 1. The van der Waals surface area contributed by atoms with E-state index in [2.05, 4.69) is 10.8 Å². The fourth-order valence-corrected chi connectivity index (χ4v) is 3.25. The summed E-state index contributed by atoms with van der Waals surface area (Å²) >= 11 is 0. The maximum absolute atomic E-state index is 12.1. The van der Waals surface area contributed by atoms with Gasteiger partial charge in [-0.2, -0.15) is 0 Å². The third-order valence-corrected chi connectivity index (χ3v) is 4.87. The van der Waals surface area contributed by atoms with Crippen molar-refractivity contribution >= 4 is 10.0 Å². The average Bonchev–Trinajstić information content (AvgIpc) is 2.52. The summed E-state index contributed by atoms with van der Waals surface area (Å²) in [5.74, 6) is 0. The van der Waals surface area contributed by atoms with Crippen LogP contribution in [0.5, 0.6) is 0 Å². The summed E-state index contributed by atoms with van der Waals surface area (Å²) in [6.45, 7) is 2.44. The molecule has 0 bridgehead atoms. The number of aliphatic hydroxyl groups excluding tert-OH is 1. The van der Waals surface area contributed by atoms with Crippen LogP contribution < -0.4 is 4.72 Å². The monoisotopic (exact) mass is 319 g/mol. The molecule has 0 aromatic heterocycles. The molecule has 0 unspecified atom stereocenters. The minimum atomic E-state index is -3.48. The Morgan fingerprint density at radius 3 is 2.36 bits per heavy atom. The Morgan fingerprint density at radius 2 is 1.73 bits per heavy atom. The predicted octanol–water partition coefficient (Wildman–Crippen LogP) is 2.71. The first-order chi connectivity index (χ1) is 10.5. The van der Waals surface area contributed by atoms with Gasteiger partial charge in [-0.3, -0.25) is 0 Å². The quantitative estimate of drug-likeness (QED) is 0.771. The highest BCUT2D eigenvalue weighted by Gasteiger charge is 2.13. The van der Waals surface area contributed by atoms with E-state index in [0.29, 0.717) is 19.4 Å². The molecule has 0 aliphatic rings. The van der Waals surface area contributed by atoms with Crippen molar-refractivity contribution in [2.75, 3.05) is 13.2 Å². The lowest BCUT2D eigenvalue weighted by Gasteiger charge is -2.08. The van der Waals surface area contributed by atoms with Gasteiger partial charge >= 0.3 is 0 Å². The number of aliphatic hydroxyl groups is 1. The maximum atomic E-state index is 12.1. The van der Waals surface area contributed by atoms with Crippen molar-refractivity contribution in [3.8, 4) is 11.1 Å². The van der Waals surface area contributed by atoms with Gasteiger partial charge in [0.1, 0.15) is 0 Å². The van der Waals surface area contributed by atoms with Crippen LogP contribution in [-0.4, -0.2) is 26.7 Å². The second kappa shape index (κ2) is 7.54. The Bertz CT molecular complexity index is 709. The Balaban J connectivity index is 2.11. The van der Waals surface area contributed by atoms with Crippen LogP contribution in [0, 0.1) is 6.92 Å². The number of hydrogen-bond donors (Lipinski definition) is 2. The van der Waals surface area contributed by atoms with E-state index in [9.17, 15) is 8.42 Å². The second-order valence-electron chi connectivity index (χ2n) is 5.22. The van der Waals surface area contributed by atoms with Crippen molar-refractivity contribution in [2.45, 2.75) is 24.7 Å². The second-order valence-corrected chi connectivity index (χ2v) is 6.99. The Hall–Kier alpha value is -1.69. The zero-order valence-electron chi connectivity index (χ0n) is 12.6. The highest BCUT2D eigenvalue weighted by atomic mass is 32.2. The Morgan fingerprint density at radius 1 is 1.00 bits per heavy atom. The van der Waals surface area contributed by atoms with Crippen molar-refractivity contribution in [3.63, 3.8) is 0 Å². The van der Waals surface area contributed by atoms with Gasteiger partial charge in [-0.15, -0.1) is 0 Å². The van der Waals surface area contributed by atoms with E-state index in [1.165, 1.54) is 5.56 Å². The van der Waals surface area contributed by atoms with Crippen molar-refractivity contribution in [3.05, 3.63) is 54.1 Å². The molecule has 5 heteroatoms. The summed E-state index contributed by atoms with van der Waals surface area (Å²) in [5, 5.41) is 8.69. The summed E-state index contributed by atoms with van der Waals surface area (Å²) in [7, 11) is -3.48. The number of nitrogens with one attached hydrogen (secondary N) is 1. The summed E-state index contributed by atoms with van der Waals surface area (Å²) in [6.07, 6.45) is 1.21. The molecule has 22 heavy (non-hydrogen) atoms. The molecule has 0 spiro atoms. The van der Waals surface area contributed by atoms with Gasteiger partial charge in [0, 0.05) is 13.2 Å². The van der Waals surface area contributed by atoms with Crippen molar-refractivity contribution in [1.29, 1.82) is 0 Å². The zero-order valence-corrected chi connectivity index (χ0v) is 13.4. The average molecular weight is 319 g/mol. The summed E-state index contributed by atoms with van der Waals surface area (Å²) < 4.78 is 26.8. The lowest BCUT2D eigenvalue weighted by atomic mass is 10.0. The third kappa shape index (κ3) is 4.40. The van der Waals surface area contributed by atoms with Crippen molar-refractivity contribution in [1.82, 2.24) is 4.72 Å². The lowest BCUT2D eigenvalue weighted by molar-refractivity contribution is 0.285. The molecule has 118 valence electrons. The molecule has 0 heterocycles. The molecule has 2 aromatic carbocycles. The van der Waals surface area contributed by atoms with E-state index in [1.807, 2.05) is 37.3 Å². The van der Waals surface area contributed by atoms with Crippen LogP contribution in [0.2, 0.25) is 0 Å². The molecule has 0 aliphatic carbocycles. The van der Waals surface area contributed by atoms with E-state index in [1.54, 1.807) is 12.1 Å². The highest BCUT2D eigenvalue weighted by molar-refractivity contribution is 7.89. The molecule has 0 radical (unpaired) electrons. The molecule has 4 nitrogen and oxygen atoms in total. The molecule has 0 aliphatic heterocycles. The first-order valence-corrected chi connectivity index (χ1v) is 8.79. The van der Waals surface area contributed by atoms with Crippen LogP contribution in [-0.2, 0) is 10.0 Å². The molecule has 0 fully saturated rings. The van der Waals surface area contributed by atoms with E-state index >= 15 is 0 Å². The number of benzene rings is 2. The largest absolute Gasteiger partial charge is 0.396 e.